The summed E-state index contributed by atoms with van der Waals surface area (Å²) in [5.41, 5.74) is 0. The van der Waals surface area contributed by atoms with Gasteiger partial charge in [-0.3, -0.25) is 0 Å². The van der Waals surface area contributed by atoms with Crippen LogP contribution in [0.3, 0.4) is 0 Å². The van der Waals surface area contributed by atoms with Crippen molar-refractivity contribution < 1.29 is 8.42 Å². The number of sulfonamides is 1. The van der Waals surface area contributed by atoms with E-state index in [1.807, 2.05) is 0 Å². The maximum atomic E-state index is 11.6. The summed E-state index contributed by atoms with van der Waals surface area (Å²) in [6, 6.07) is 0. The first-order valence-electron chi connectivity index (χ1n) is 6.87. The second-order valence-corrected chi connectivity index (χ2v) is 7.37. The molecule has 4 nitrogen and oxygen atoms in total. The van der Waals surface area contributed by atoms with Crippen molar-refractivity contribution in [2.45, 2.75) is 38.5 Å². The molecule has 2 rings (SSSR count). The van der Waals surface area contributed by atoms with E-state index >= 15 is 0 Å². The maximum absolute atomic E-state index is 11.6. The lowest BCUT2D eigenvalue weighted by Gasteiger charge is -2.22. The van der Waals surface area contributed by atoms with Crippen LogP contribution in [-0.2, 0) is 10.0 Å². The highest BCUT2D eigenvalue weighted by Crippen LogP contribution is 2.22. The molecule has 1 aliphatic carbocycles. The summed E-state index contributed by atoms with van der Waals surface area (Å²) in [5.74, 6) is 1.16. The molecule has 0 amide bonds. The SMILES string of the molecule is O=S1(=O)CCCN1CCNCC1CCCCC1. The Hall–Kier alpha value is -0.130. The average molecular weight is 260 g/mol. The molecule has 0 radical (unpaired) electrons. The second-order valence-electron chi connectivity index (χ2n) is 5.28. The van der Waals surface area contributed by atoms with Crippen LogP contribution in [0.2, 0.25) is 0 Å². The van der Waals surface area contributed by atoms with Gasteiger partial charge >= 0.3 is 0 Å². The van der Waals surface area contributed by atoms with Gasteiger partial charge in [0.2, 0.25) is 10.0 Å². The second kappa shape index (κ2) is 6.16. The van der Waals surface area contributed by atoms with Crippen LogP contribution in [0.5, 0.6) is 0 Å². The number of rotatable bonds is 5. The van der Waals surface area contributed by atoms with Crippen molar-refractivity contribution in [3.8, 4) is 0 Å². The first-order valence-corrected chi connectivity index (χ1v) is 8.48. The molecule has 0 aromatic carbocycles. The van der Waals surface area contributed by atoms with Crippen LogP contribution in [-0.4, -0.2) is 44.7 Å². The molecule has 2 fully saturated rings. The first kappa shape index (κ1) is 13.3. The molecule has 0 unspecified atom stereocenters. The fraction of sp³-hybridized carbons (Fsp3) is 1.00. The van der Waals surface area contributed by atoms with E-state index in [0.29, 0.717) is 18.8 Å². The van der Waals surface area contributed by atoms with Crippen LogP contribution < -0.4 is 5.32 Å². The van der Waals surface area contributed by atoms with Gasteiger partial charge in [0.05, 0.1) is 5.75 Å². The number of hydrogen-bond donors (Lipinski definition) is 1. The molecule has 0 bridgehead atoms. The van der Waals surface area contributed by atoms with Gasteiger partial charge in [-0.05, 0) is 31.7 Å². The first-order chi connectivity index (χ1) is 8.18. The van der Waals surface area contributed by atoms with Gasteiger partial charge in [-0.15, -0.1) is 0 Å². The third-order valence-electron chi connectivity index (χ3n) is 3.90. The van der Waals surface area contributed by atoms with E-state index in [1.165, 1.54) is 32.1 Å². The Balaban J connectivity index is 1.60. The van der Waals surface area contributed by atoms with Crippen LogP contribution in [0.4, 0.5) is 0 Å². The van der Waals surface area contributed by atoms with Gasteiger partial charge in [0.1, 0.15) is 0 Å². The molecule has 1 heterocycles. The van der Waals surface area contributed by atoms with Crippen molar-refractivity contribution >= 4 is 10.0 Å². The molecule has 1 saturated carbocycles. The molecule has 17 heavy (non-hydrogen) atoms. The Morgan fingerprint density at radius 3 is 2.53 bits per heavy atom. The van der Waals surface area contributed by atoms with Crippen molar-refractivity contribution in [3.63, 3.8) is 0 Å². The molecule has 100 valence electrons. The van der Waals surface area contributed by atoms with E-state index < -0.39 is 10.0 Å². The Morgan fingerprint density at radius 1 is 1.12 bits per heavy atom. The Labute approximate surface area is 105 Å². The quantitative estimate of drug-likeness (QED) is 0.756. The highest BCUT2D eigenvalue weighted by atomic mass is 32.2. The minimum Gasteiger partial charge on any atom is -0.315 e. The van der Waals surface area contributed by atoms with Gasteiger partial charge in [-0.1, -0.05) is 19.3 Å². The summed E-state index contributed by atoms with van der Waals surface area (Å²) >= 11 is 0. The van der Waals surface area contributed by atoms with E-state index in [-0.39, 0.29) is 0 Å². The van der Waals surface area contributed by atoms with Gasteiger partial charge in [-0.25, -0.2) is 12.7 Å². The maximum Gasteiger partial charge on any atom is 0.214 e. The summed E-state index contributed by atoms with van der Waals surface area (Å²) in [4.78, 5) is 0. The molecule has 5 heteroatoms. The largest absolute Gasteiger partial charge is 0.315 e. The molecule has 0 aromatic heterocycles. The van der Waals surface area contributed by atoms with Crippen LogP contribution in [0.25, 0.3) is 0 Å². The summed E-state index contributed by atoms with van der Waals surface area (Å²) < 4.78 is 24.7. The van der Waals surface area contributed by atoms with Crippen molar-refractivity contribution in [2.24, 2.45) is 5.92 Å². The molecule has 1 saturated heterocycles. The number of hydrogen-bond acceptors (Lipinski definition) is 3. The molecular weight excluding hydrogens is 236 g/mol. The normalized spacial score (nSPS) is 26.4. The number of nitrogens with zero attached hydrogens (tertiary/aromatic N) is 1. The lowest BCUT2D eigenvalue weighted by molar-refractivity contribution is 0.336. The van der Waals surface area contributed by atoms with E-state index in [1.54, 1.807) is 4.31 Å². The number of nitrogens with one attached hydrogen (secondary N) is 1. The summed E-state index contributed by atoms with van der Waals surface area (Å²) in [7, 11) is -2.90. The summed E-state index contributed by atoms with van der Waals surface area (Å²) in [6.07, 6.45) is 7.61. The van der Waals surface area contributed by atoms with Crippen LogP contribution in [0.15, 0.2) is 0 Å². The zero-order valence-corrected chi connectivity index (χ0v) is 11.3. The standard InChI is InChI=1S/C12H24N2O2S/c15-17(16)10-4-8-14(17)9-7-13-11-12-5-2-1-3-6-12/h12-13H,1-11H2. The Bertz CT molecular complexity index is 323. The summed E-state index contributed by atoms with van der Waals surface area (Å²) in [6.45, 7) is 3.23. The van der Waals surface area contributed by atoms with Gasteiger partial charge in [0.25, 0.3) is 0 Å². The van der Waals surface area contributed by atoms with Crippen LogP contribution in [0.1, 0.15) is 38.5 Å². The third kappa shape index (κ3) is 3.93. The fourth-order valence-corrected chi connectivity index (χ4v) is 4.37. The van der Waals surface area contributed by atoms with E-state index in [9.17, 15) is 8.42 Å². The third-order valence-corrected chi connectivity index (χ3v) is 5.86. The Kier molecular flexibility index (Phi) is 4.82. The molecule has 0 atom stereocenters. The lowest BCUT2D eigenvalue weighted by Crippen LogP contribution is -2.35. The molecule has 2 aliphatic rings. The van der Waals surface area contributed by atoms with Gasteiger partial charge in [0.15, 0.2) is 0 Å². The predicted octanol–water partition coefficient (Wildman–Crippen LogP) is 1.19. The minimum atomic E-state index is -2.90. The molecule has 0 aromatic rings. The highest BCUT2D eigenvalue weighted by molar-refractivity contribution is 7.89. The lowest BCUT2D eigenvalue weighted by atomic mass is 9.89. The zero-order chi connectivity index (χ0) is 12.1. The van der Waals surface area contributed by atoms with Gasteiger partial charge < -0.3 is 5.32 Å². The van der Waals surface area contributed by atoms with Crippen molar-refractivity contribution in [1.82, 2.24) is 9.62 Å². The van der Waals surface area contributed by atoms with E-state index in [0.717, 1.165) is 25.4 Å². The topological polar surface area (TPSA) is 49.4 Å². The zero-order valence-electron chi connectivity index (χ0n) is 10.5. The van der Waals surface area contributed by atoms with Crippen molar-refractivity contribution in [1.29, 1.82) is 0 Å². The molecular formula is C12H24N2O2S. The molecule has 0 spiro atoms. The van der Waals surface area contributed by atoms with Crippen molar-refractivity contribution in [2.75, 3.05) is 31.9 Å². The van der Waals surface area contributed by atoms with Crippen LogP contribution in [0, 0.1) is 5.92 Å². The minimum absolute atomic E-state index is 0.343. The average Bonchev–Trinajstić information content (AvgIpc) is 2.66. The van der Waals surface area contributed by atoms with E-state index in [4.69, 9.17) is 0 Å². The predicted molar refractivity (Wildman–Crippen MR) is 69.4 cm³/mol. The van der Waals surface area contributed by atoms with Crippen LogP contribution >= 0.6 is 0 Å². The van der Waals surface area contributed by atoms with E-state index in [2.05, 4.69) is 5.32 Å². The smallest absolute Gasteiger partial charge is 0.214 e. The highest BCUT2D eigenvalue weighted by Gasteiger charge is 2.27. The summed E-state index contributed by atoms with van der Waals surface area (Å²) in [5, 5.41) is 3.41. The van der Waals surface area contributed by atoms with Gasteiger partial charge in [0, 0.05) is 19.6 Å². The Morgan fingerprint density at radius 2 is 1.88 bits per heavy atom. The molecule has 1 N–H and O–H groups in total. The monoisotopic (exact) mass is 260 g/mol. The van der Waals surface area contributed by atoms with Gasteiger partial charge in [-0.2, -0.15) is 0 Å². The van der Waals surface area contributed by atoms with Crippen molar-refractivity contribution in [3.05, 3.63) is 0 Å². The molecule has 1 aliphatic heterocycles. The fourth-order valence-electron chi connectivity index (χ4n) is 2.84.